The minimum Gasteiger partial charge on any atom is -0.496 e. The number of benzene rings is 2. The average Bonchev–Trinajstić information content (AvgIpc) is 2.53. The third-order valence-electron chi connectivity index (χ3n) is 3.33. The van der Waals surface area contributed by atoms with E-state index in [1.807, 2.05) is 0 Å². The maximum absolute atomic E-state index is 14.4. The molecule has 0 aliphatic carbocycles. The second-order valence-corrected chi connectivity index (χ2v) is 4.42. The van der Waals surface area contributed by atoms with Gasteiger partial charge in [0.25, 0.3) is 0 Å². The van der Waals surface area contributed by atoms with Gasteiger partial charge < -0.3 is 19.9 Å². The Morgan fingerprint density at radius 3 is 1.86 bits per heavy atom. The summed E-state index contributed by atoms with van der Waals surface area (Å²) in [6, 6.07) is 9.44. The summed E-state index contributed by atoms with van der Waals surface area (Å²) < 4.78 is 30.0. The quantitative estimate of drug-likeness (QED) is 0.920. The van der Waals surface area contributed by atoms with Gasteiger partial charge in [-0.3, -0.25) is 0 Å². The second kappa shape index (κ2) is 6.45. The molecule has 112 valence electrons. The van der Waals surface area contributed by atoms with E-state index in [1.165, 1.54) is 21.3 Å². The molecule has 2 aromatic carbocycles. The Kier molecular flexibility index (Phi) is 4.65. The fourth-order valence-electron chi connectivity index (χ4n) is 2.27. The van der Waals surface area contributed by atoms with Crippen LogP contribution in [0.1, 0.15) is 17.2 Å². The van der Waals surface area contributed by atoms with Gasteiger partial charge in [0.05, 0.1) is 32.9 Å². The van der Waals surface area contributed by atoms with Crippen LogP contribution in [0.3, 0.4) is 0 Å². The van der Waals surface area contributed by atoms with Gasteiger partial charge in [-0.15, -0.1) is 0 Å². The van der Waals surface area contributed by atoms with Crippen LogP contribution < -0.4 is 19.9 Å². The number of hydrogen-bond acceptors (Lipinski definition) is 4. The smallest absolute Gasteiger partial charge is 0.170 e. The molecule has 0 heterocycles. The zero-order chi connectivity index (χ0) is 15.4. The van der Waals surface area contributed by atoms with Crippen LogP contribution in [0.4, 0.5) is 4.39 Å². The van der Waals surface area contributed by atoms with Crippen molar-refractivity contribution in [2.75, 3.05) is 21.3 Å². The van der Waals surface area contributed by atoms with Crippen molar-refractivity contribution in [2.24, 2.45) is 5.73 Å². The number of nitrogens with two attached hydrogens (primary N) is 1. The van der Waals surface area contributed by atoms with Gasteiger partial charge in [-0.2, -0.15) is 0 Å². The molecule has 0 saturated carbocycles. The van der Waals surface area contributed by atoms with Crippen LogP contribution in [0.25, 0.3) is 0 Å². The standard InChI is InChI=1S/C16H18FNO3/c1-19-11-7-5-8-12(20-2)14(11)16(18)10-6-4-9-13(21-3)15(10)17/h4-9,16H,18H2,1-3H3. The third kappa shape index (κ3) is 2.78. The molecule has 0 aromatic heterocycles. The molecule has 0 bridgehead atoms. The van der Waals surface area contributed by atoms with Crippen LogP contribution in [0.5, 0.6) is 17.2 Å². The van der Waals surface area contributed by atoms with Gasteiger partial charge >= 0.3 is 0 Å². The van der Waals surface area contributed by atoms with Gasteiger partial charge in [0, 0.05) is 5.56 Å². The fraction of sp³-hybridized carbons (Fsp3) is 0.250. The van der Waals surface area contributed by atoms with Crippen molar-refractivity contribution in [1.82, 2.24) is 0 Å². The van der Waals surface area contributed by atoms with Crippen LogP contribution in [-0.2, 0) is 0 Å². The van der Waals surface area contributed by atoms with Crippen molar-refractivity contribution in [3.05, 3.63) is 53.3 Å². The first kappa shape index (κ1) is 15.1. The largest absolute Gasteiger partial charge is 0.496 e. The maximum Gasteiger partial charge on any atom is 0.170 e. The summed E-state index contributed by atoms with van der Waals surface area (Å²) in [5, 5.41) is 0. The van der Waals surface area contributed by atoms with E-state index in [2.05, 4.69) is 0 Å². The maximum atomic E-state index is 14.4. The second-order valence-electron chi connectivity index (χ2n) is 4.42. The Morgan fingerprint density at radius 2 is 1.33 bits per heavy atom. The minimum atomic E-state index is -0.730. The highest BCUT2D eigenvalue weighted by Gasteiger charge is 2.23. The molecule has 21 heavy (non-hydrogen) atoms. The van der Waals surface area contributed by atoms with Crippen molar-refractivity contribution >= 4 is 0 Å². The monoisotopic (exact) mass is 291 g/mol. The Bertz CT molecular complexity index is 609. The normalized spacial score (nSPS) is 11.9. The van der Waals surface area contributed by atoms with Gasteiger partial charge in [-0.05, 0) is 18.2 Å². The van der Waals surface area contributed by atoms with E-state index in [-0.39, 0.29) is 5.75 Å². The molecule has 0 aliphatic heterocycles. The third-order valence-corrected chi connectivity index (χ3v) is 3.33. The van der Waals surface area contributed by atoms with Crippen LogP contribution in [-0.4, -0.2) is 21.3 Å². The number of ether oxygens (including phenoxy) is 3. The molecule has 0 aliphatic rings. The predicted molar refractivity (Wildman–Crippen MR) is 78.5 cm³/mol. The SMILES string of the molecule is COc1cccc(C(N)c2c(OC)cccc2OC)c1F. The number of halogens is 1. The van der Waals surface area contributed by atoms with E-state index in [9.17, 15) is 4.39 Å². The predicted octanol–water partition coefficient (Wildman–Crippen LogP) is 2.90. The van der Waals surface area contributed by atoms with Gasteiger partial charge in [-0.25, -0.2) is 4.39 Å². The van der Waals surface area contributed by atoms with E-state index in [0.29, 0.717) is 22.6 Å². The van der Waals surface area contributed by atoms with Crippen molar-refractivity contribution < 1.29 is 18.6 Å². The lowest BCUT2D eigenvalue weighted by Crippen LogP contribution is -2.16. The molecule has 0 fully saturated rings. The highest BCUT2D eigenvalue weighted by Crippen LogP contribution is 2.37. The molecule has 2 rings (SSSR count). The summed E-state index contributed by atoms with van der Waals surface area (Å²) in [6.45, 7) is 0. The Hall–Kier alpha value is -2.27. The molecule has 2 N–H and O–H groups in total. The van der Waals surface area contributed by atoms with Gasteiger partial charge in [0.2, 0.25) is 0 Å². The summed E-state index contributed by atoms with van der Waals surface area (Å²) in [5.74, 6) is 0.755. The Labute approximate surface area is 123 Å². The van der Waals surface area contributed by atoms with Crippen LogP contribution in [0, 0.1) is 5.82 Å². The molecular weight excluding hydrogens is 273 g/mol. The molecular formula is C16H18FNO3. The van der Waals surface area contributed by atoms with Gasteiger partial charge in [0.15, 0.2) is 11.6 Å². The number of rotatable bonds is 5. The first-order chi connectivity index (χ1) is 10.1. The first-order valence-corrected chi connectivity index (χ1v) is 6.42. The van der Waals surface area contributed by atoms with Crippen LogP contribution in [0.2, 0.25) is 0 Å². The summed E-state index contributed by atoms with van der Waals surface area (Å²) in [7, 11) is 4.48. The van der Waals surface area contributed by atoms with Crippen molar-refractivity contribution in [3.8, 4) is 17.2 Å². The molecule has 1 unspecified atom stereocenters. The van der Waals surface area contributed by atoms with Crippen LogP contribution in [0.15, 0.2) is 36.4 Å². The average molecular weight is 291 g/mol. The van der Waals surface area contributed by atoms with Crippen molar-refractivity contribution in [3.63, 3.8) is 0 Å². The Morgan fingerprint density at radius 1 is 0.857 bits per heavy atom. The highest BCUT2D eigenvalue weighted by atomic mass is 19.1. The molecule has 2 aromatic rings. The lowest BCUT2D eigenvalue weighted by molar-refractivity contribution is 0.375. The van der Waals surface area contributed by atoms with E-state index in [0.717, 1.165) is 0 Å². The molecule has 0 saturated heterocycles. The molecule has 0 spiro atoms. The lowest BCUT2D eigenvalue weighted by atomic mass is 9.97. The van der Waals surface area contributed by atoms with Crippen LogP contribution >= 0.6 is 0 Å². The number of hydrogen-bond donors (Lipinski definition) is 1. The molecule has 4 nitrogen and oxygen atoms in total. The van der Waals surface area contributed by atoms with Crippen molar-refractivity contribution in [2.45, 2.75) is 6.04 Å². The van der Waals surface area contributed by atoms with E-state index >= 15 is 0 Å². The van der Waals surface area contributed by atoms with E-state index in [4.69, 9.17) is 19.9 Å². The van der Waals surface area contributed by atoms with Gasteiger partial charge in [0.1, 0.15) is 11.5 Å². The molecule has 1 atom stereocenters. The molecule has 5 heteroatoms. The van der Waals surface area contributed by atoms with E-state index in [1.54, 1.807) is 36.4 Å². The number of methoxy groups -OCH3 is 3. The molecule has 0 radical (unpaired) electrons. The summed E-state index contributed by atoms with van der Waals surface area (Å²) in [4.78, 5) is 0. The van der Waals surface area contributed by atoms with E-state index < -0.39 is 11.9 Å². The summed E-state index contributed by atoms with van der Waals surface area (Å²) in [6.07, 6.45) is 0. The lowest BCUT2D eigenvalue weighted by Gasteiger charge is -2.20. The first-order valence-electron chi connectivity index (χ1n) is 6.42. The highest BCUT2D eigenvalue weighted by molar-refractivity contribution is 5.51. The topological polar surface area (TPSA) is 53.7 Å². The summed E-state index contributed by atoms with van der Waals surface area (Å²) >= 11 is 0. The summed E-state index contributed by atoms with van der Waals surface area (Å²) in [5.41, 5.74) is 7.15. The Balaban J connectivity index is 2.57. The van der Waals surface area contributed by atoms with Gasteiger partial charge in [-0.1, -0.05) is 18.2 Å². The van der Waals surface area contributed by atoms with Crippen molar-refractivity contribution in [1.29, 1.82) is 0 Å². The molecule has 0 amide bonds. The fourth-order valence-corrected chi connectivity index (χ4v) is 2.27. The minimum absolute atomic E-state index is 0.150. The zero-order valence-electron chi connectivity index (χ0n) is 12.2. The zero-order valence-corrected chi connectivity index (χ0v) is 12.2.